The number of hydrogen-bond acceptors (Lipinski definition) is 2. The first-order chi connectivity index (χ1) is 5.35. The van der Waals surface area contributed by atoms with E-state index < -0.39 is 0 Å². The van der Waals surface area contributed by atoms with Crippen molar-refractivity contribution in [3.8, 4) is 0 Å². The zero-order valence-electron chi connectivity index (χ0n) is 6.79. The Hall–Kier alpha value is 0.530. The first-order valence-corrected chi connectivity index (χ1v) is 5.20. The Bertz CT molecular complexity index is 106. The molecule has 0 unspecified atom stereocenters. The molecule has 0 radical (unpaired) electrons. The largest absolute Gasteiger partial charge is 0.311 e. The highest BCUT2D eigenvalue weighted by atomic mass is 79.9. The number of rotatable bonds is 6. The van der Waals surface area contributed by atoms with Crippen LogP contribution in [0.3, 0.4) is 0 Å². The number of thiol groups is 1. The molecule has 0 spiro atoms. The third kappa shape index (κ3) is 6.91. The molecule has 0 aliphatic heterocycles. The maximum atomic E-state index is 4.91. The maximum absolute atomic E-state index is 4.91. The molecule has 0 amide bonds. The average Bonchev–Trinajstić information content (AvgIpc) is 2.03. The minimum absolute atomic E-state index is 0.157. The molecule has 0 saturated heterocycles. The molecule has 3 heteroatoms. The SMILES string of the molecule is CCCCC[C@H](/C=C/Br)OS. The van der Waals surface area contributed by atoms with Crippen molar-refractivity contribution in [3.05, 3.63) is 11.1 Å². The van der Waals surface area contributed by atoms with Crippen LogP contribution < -0.4 is 0 Å². The third-order valence-electron chi connectivity index (χ3n) is 1.51. The first-order valence-electron chi connectivity index (χ1n) is 3.92. The van der Waals surface area contributed by atoms with Crippen molar-refractivity contribution >= 4 is 28.8 Å². The van der Waals surface area contributed by atoms with Gasteiger partial charge in [0.05, 0.1) is 6.10 Å². The molecule has 1 atom stereocenters. The zero-order chi connectivity index (χ0) is 8.53. The molecule has 11 heavy (non-hydrogen) atoms. The lowest BCUT2D eigenvalue weighted by Gasteiger charge is -2.07. The summed E-state index contributed by atoms with van der Waals surface area (Å²) in [6, 6.07) is 0. The van der Waals surface area contributed by atoms with E-state index in [0.29, 0.717) is 0 Å². The van der Waals surface area contributed by atoms with Gasteiger partial charge in [0.15, 0.2) is 0 Å². The summed E-state index contributed by atoms with van der Waals surface area (Å²) >= 11 is 6.98. The fourth-order valence-corrected chi connectivity index (χ4v) is 1.38. The first kappa shape index (κ1) is 11.5. The Labute approximate surface area is 82.9 Å². The predicted molar refractivity (Wildman–Crippen MR) is 56.1 cm³/mol. The van der Waals surface area contributed by atoms with Crippen molar-refractivity contribution in [3.63, 3.8) is 0 Å². The van der Waals surface area contributed by atoms with Gasteiger partial charge in [0, 0.05) is 0 Å². The van der Waals surface area contributed by atoms with Crippen LogP contribution in [0.5, 0.6) is 0 Å². The van der Waals surface area contributed by atoms with E-state index in [1.54, 1.807) is 0 Å². The van der Waals surface area contributed by atoms with Crippen LogP contribution in [-0.4, -0.2) is 6.10 Å². The van der Waals surface area contributed by atoms with E-state index in [-0.39, 0.29) is 6.10 Å². The van der Waals surface area contributed by atoms with Crippen LogP contribution >= 0.6 is 28.8 Å². The summed E-state index contributed by atoms with van der Waals surface area (Å²) in [4.78, 5) is 1.82. The van der Waals surface area contributed by atoms with Gasteiger partial charge in [-0.25, -0.2) is 0 Å². The van der Waals surface area contributed by atoms with Crippen LogP contribution in [-0.2, 0) is 4.18 Å². The molecule has 0 aromatic rings. The fourth-order valence-electron chi connectivity index (χ4n) is 0.861. The van der Waals surface area contributed by atoms with Gasteiger partial charge in [0.1, 0.15) is 0 Å². The summed E-state index contributed by atoms with van der Waals surface area (Å²) in [7, 11) is 0. The molecule has 0 rings (SSSR count). The van der Waals surface area contributed by atoms with Gasteiger partial charge in [-0.05, 0) is 30.4 Å². The molecule has 0 aromatic carbocycles. The molecular weight excluding hydrogens is 224 g/mol. The van der Waals surface area contributed by atoms with Gasteiger partial charge in [-0.15, -0.1) is 0 Å². The van der Waals surface area contributed by atoms with Crippen molar-refractivity contribution in [1.29, 1.82) is 0 Å². The molecule has 0 fully saturated rings. The lowest BCUT2D eigenvalue weighted by molar-refractivity contribution is 0.282. The fraction of sp³-hybridized carbons (Fsp3) is 0.750. The topological polar surface area (TPSA) is 9.23 Å². The Kier molecular flexibility index (Phi) is 9.04. The molecule has 0 aliphatic carbocycles. The zero-order valence-corrected chi connectivity index (χ0v) is 9.27. The van der Waals surface area contributed by atoms with Crippen LogP contribution in [0.1, 0.15) is 32.6 Å². The summed E-state index contributed by atoms with van der Waals surface area (Å²) in [5.74, 6) is 0. The lowest BCUT2D eigenvalue weighted by atomic mass is 10.1. The Morgan fingerprint density at radius 1 is 1.55 bits per heavy atom. The van der Waals surface area contributed by atoms with Crippen LogP contribution in [0.15, 0.2) is 11.1 Å². The quantitative estimate of drug-likeness (QED) is 0.422. The molecule has 0 saturated carbocycles. The van der Waals surface area contributed by atoms with Gasteiger partial charge in [-0.1, -0.05) is 42.1 Å². The van der Waals surface area contributed by atoms with Crippen molar-refractivity contribution in [2.75, 3.05) is 0 Å². The van der Waals surface area contributed by atoms with Crippen LogP contribution in [0, 0.1) is 0 Å². The van der Waals surface area contributed by atoms with Gasteiger partial charge in [0.2, 0.25) is 0 Å². The molecule has 1 nitrogen and oxygen atoms in total. The minimum Gasteiger partial charge on any atom is -0.311 e. The van der Waals surface area contributed by atoms with Crippen LogP contribution in [0.4, 0.5) is 0 Å². The predicted octanol–water partition coefficient (Wildman–Crippen LogP) is 3.71. The third-order valence-corrected chi connectivity index (χ3v) is 2.09. The Morgan fingerprint density at radius 2 is 2.27 bits per heavy atom. The van der Waals surface area contributed by atoms with Gasteiger partial charge in [-0.2, -0.15) is 0 Å². The van der Waals surface area contributed by atoms with E-state index in [9.17, 15) is 0 Å². The number of unbranched alkanes of at least 4 members (excludes halogenated alkanes) is 2. The van der Waals surface area contributed by atoms with Crippen LogP contribution in [0.25, 0.3) is 0 Å². The van der Waals surface area contributed by atoms with E-state index in [4.69, 9.17) is 4.18 Å². The second-order valence-electron chi connectivity index (χ2n) is 2.46. The van der Waals surface area contributed by atoms with Crippen molar-refractivity contribution < 1.29 is 4.18 Å². The number of halogens is 1. The molecule has 0 aromatic heterocycles. The van der Waals surface area contributed by atoms with Gasteiger partial charge < -0.3 is 4.18 Å². The highest BCUT2D eigenvalue weighted by Crippen LogP contribution is 2.09. The summed E-state index contributed by atoms with van der Waals surface area (Å²) < 4.78 is 4.91. The van der Waals surface area contributed by atoms with Gasteiger partial charge >= 0.3 is 0 Å². The molecule has 0 bridgehead atoms. The highest BCUT2D eigenvalue weighted by molar-refractivity contribution is 9.11. The monoisotopic (exact) mass is 238 g/mol. The normalized spacial score (nSPS) is 14.1. The Balaban J connectivity index is 3.36. The second-order valence-corrected chi connectivity index (χ2v) is 3.20. The molecule has 66 valence electrons. The summed E-state index contributed by atoms with van der Waals surface area (Å²) in [5.41, 5.74) is 0. The number of hydrogen-bond donors (Lipinski definition) is 1. The Morgan fingerprint density at radius 3 is 2.73 bits per heavy atom. The minimum atomic E-state index is 0.157. The van der Waals surface area contributed by atoms with Crippen molar-refractivity contribution in [2.24, 2.45) is 0 Å². The van der Waals surface area contributed by atoms with Crippen LogP contribution in [0.2, 0.25) is 0 Å². The maximum Gasteiger partial charge on any atom is 0.0907 e. The smallest absolute Gasteiger partial charge is 0.0907 e. The van der Waals surface area contributed by atoms with E-state index >= 15 is 0 Å². The molecular formula is C8H15BrOS. The lowest BCUT2D eigenvalue weighted by Crippen LogP contribution is -2.02. The van der Waals surface area contributed by atoms with E-state index in [0.717, 1.165) is 6.42 Å². The molecule has 0 aliphatic rings. The second kappa shape index (κ2) is 8.62. The summed E-state index contributed by atoms with van der Waals surface area (Å²) in [6.07, 6.45) is 6.90. The van der Waals surface area contributed by atoms with Crippen molar-refractivity contribution in [1.82, 2.24) is 0 Å². The summed E-state index contributed by atoms with van der Waals surface area (Å²) in [6.45, 7) is 2.19. The molecule has 0 heterocycles. The summed E-state index contributed by atoms with van der Waals surface area (Å²) in [5, 5.41) is 0. The van der Waals surface area contributed by atoms with Gasteiger partial charge in [-0.3, -0.25) is 0 Å². The molecule has 0 N–H and O–H groups in total. The van der Waals surface area contributed by atoms with E-state index in [2.05, 4.69) is 35.8 Å². The van der Waals surface area contributed by atoms with E-state index in [1.165, 1.54) is 19.3 Å². The van der Waals surface area contributed by atoms with E-state index in [1.807, 2.05) is 11.1 Å². The van der Waals surface area contributed by atoms with Crippen molar-refractivity contribution in [2.45, 2.75) is 38.7 Å². The average molecular weight is 239 g/mol. The standard InChI is InChI=1S/C8H15BrOS/c1-2-3-4-5-8(10-11)6-7-9/h6-8,11H,2-5H2,1H3/b7-6+/t8-/m1/s1. The highest BCUT2D eigenvalue weighted by Gasteiger charge is 2.01. The van der Waals surface area contributed by atoms with Gasteiger partial charge in [0.25, 0.3) is 0 Å².